The van der Waals surface area contributed by atoms with Crippen molar-refractivity contribution in [1.29, 1.82) is 0 Å². The summed E-state index contributed by atoms with van der Waals surface area (Å²) in [5.41, 5.74) is 4.37. The third kappa shape index (κ3) is 3.18. The second-order valence-electron chi connectivity index (χ2n) is 6.08. The zero-order valence-electron chi connectivity index (χ0n) is 13.8. The van der Waals surface area contributed by atoms with Gasteiger partial charge in [0.1, 0.15) is 5.75 Å². The lowest BCUT2D eigenvalue weighted by atomic mass is 9.96. The van der Waals surface area contributed by atoms with Crippen LogP contribution in [-0.2, 0) is 0 Å². The molecule has 0 radical (unpaired) electrons. The maximum absolute atomic E-state index is 11.7. The maximum atomic E-state index is 11.7. The first-order chi connectivity index (χ1) is 11.4. The van der Waals surface area contributed by atoms with Crippen LogP contribution >= 0.6 is 0 Å². The van der Waals surface area contributed by atoms with E-state index in [1.807, 2.05) is 37.3 Å². The van der Waals surface area contributed by atoms with E-state index in [1.165, 1.54) is 0 Å². The first kappa shape index (κ1) is 15.9. The van der Waals surface area contributed by atoms with Gasteiger partial charge in [0.25, 0.3) is 5.56 Å². The number of pyridine rings is 1. The van der Waals surface area contributed by atoms with Crippen molar-refractivity contribution < 1.29 is 5.11 Å². The van der Waals surface area contributed by atoms with E-state index >= 15 is 0 Å². The molecular weight excluding hydrogens is 300 g/mol. The molecule has 2 aromatic carbocycles. The van der Waals surface area contributed by atoms with Gasteiger partial charge >= 0.3 is 0 Å². The number of hydrogen-bond donors (Lipinski definition) is 3. The number of aromatic amines is 1. The number of aromatic nitrogens is 1. The molecule has 0 aliphatic heterocycles. The van der Waals surface area contributed by atoms with Crippen LogP contribution in [0.3, 0.4) is 0 Å². The quantitative estimate of drug-likeness (QED) is 0.686. The molecule has 0 aliphatic carbocycles. The molecule has 0 fully saturated rings. The number of fused-ring (bicyclic) bond motifs is 1. The largest absolute Gasteiger partial charge is 0.508 e. The average molecular weight is 320 g/mol. The van der Waals surface area contributed by atoms with Crippen molar-refractivity contribution in [2.75, 3.05) is 0 Å². The molecule has 0 bridgehead atoms. The van der Waals surface area contributed by atoms with Crippen molar-refractivity contribution in [2.24, 2.45) is 0 Å². The predicted molar refractivity (Wildman–Crippen MR) is 97.2 cm³/mol. The molecule has 0 aliphatic rings. The lowest BCUT2D eigenvalue weighted by molar-refractivity contribution is 0.475. The van der Waals surface area contributed by atoms with E-state index in [-0.39, 0.29) is 17.4 Å². The van der Waals surface area contributed by atoms with Crippen LogP contribution in [0.4, 0.5) is 0 Å². The minimum Gasteiger partial charge on any atom is -0.508 e. The number of allylic oxidation sites excluding steroid dienone is 1. The Morgan fingerprint density at radius 2 is 1.79 bits per heavy atom. The summed E-state index contributed by atoms with van der Waals surface area (Å²) in [4.78, 5) is 14.6. The lowest BCUT2D eigenvalue weighted by Gasteiger charge is -2.21. The van der Waals surface area contributed by atoms with Gasteiger partial charge in [-0.25, -0.2) is 0 Å². The predicted octanol–water partition coefficient (Wildman–Crippen LogP) is 3.75. The summed E-state index contributed by atoms with van der Waals surface area (Å²) in [6.45, 7) is 7.66. The summed E-state index contributed by atoms with van der Waals surface area (Å²) in [5.74, 6) is 0.236. The Labute approximate surface area is 140 Å². The zero-order valence-corrected chi connectivity index (χ0v) is 13.8. The molecule has 3 rings (SSSR count). The van der Waals surface area contributed by atoms with Crippen LogP contribution < -0.4 is 10.9 Å². The average Bonchev–Trinajstić information content (AvgIpc) is 2.54. The first-order valence-corrected chi connectivity index (χ1v) is 7.78. The zero-order chi connectivity index (χ0) is 17.3. The van der Waals surface area contributed by atoms with E-state index in [0.29, 0.717) is 5.56 Å². The minimum absolute atomic E-state index is 0.0644. The highest BCUT2D eigenvalue weighted by atomic mass is 16.3. The molecule has 0 spiro atoms. The van der Waals surface area contributed by atoms with E-state index in [2.05, 4.69) is 22.9 Å². The van der Waals surface area contributed by atoms with Gasteiger partial charge in [-0.15, -0.1) is 0 Å². The van der Waals surface area contributed by atoms with Gasteiger partial charge in [-0.05, 0) is 60.7 Å². The molecule has 0 amide bonds. The number of phenolic OH excluding ortho intramolecular Hbond substituents is 1. The Morgan fingerprint density at radius 1 is 1.12 bits per heavy atom. The fourth-order valence-corrected chi connectivity index (χ4v) is 2.79. The second kappa shape index (κ2) is 6.24. The van der Waals surface area contributed by atoms with Crippen molar-refractivity contribution in [3.63, 3.8) is 0 Å². The summed E-state index contributed by atoms with van der Waals surface area (Å²) < 4.78 is 0. The molecule has 122 valence electrons. The number of aryl methyl sites for hydroxylation is 1. The summed E-state index contributed by atoms with van der Waals surface area (Å²) in [6.07, 6.45) is 0. The molecule has 3 aromatic rings. The van der Waals surface area contributed by atoms with E-state index in [0.717, 1.165) is 27.7 Å². The molecule has 1 heterocycles. The smallest absolute Gasteiger partial charge is 0.251 e. The fourth-order valence-electron chi connectivity index (χ4n) is 2.79. The van der Waals surface area contributed by atoms with Crippen molar-refractivity contribution in [3.8, 4) is 5.75 Å². The lowest BCUT2D eigenvalue weighted by Crippen LogP contribution is -2.20. The van der Waals surface area contributed by atoms with Crippen molar-refractivity contribution in [1.82, 2.24) is 10.3 Å². The standard InChI is InChI=1S/C20H20N2O2/c1-12(2)21-19(14-4-7-17(23)8-5-14)15-6-9-18-16(11-15)10-13(3)20(24)22-18/h4-11,19,21,23H,1H2,2-3H3,(H,22,24). The van der Waals surface area contributed by atoms with E-state index in [9.17, 15) is 9.90 Å². The molecule has 24 heavy (non-hydrogen) atoms. The highest BCUT2D eigenvalue weighted by molar-refractivity contribution is 5.80. The van der Waals surface area contributed by atoms with E-state index in [4.69, 9.17) is 0 Å². The van der Waals surface area contributed by atoms with Gasteiger partial charge in [0, 0.05) is 16.8 Å². The monoisotopic (exact) mass is 320 g/mol. The Bertz CT molecular complexity index is 956. The Balaban J connectivity index is 2.11. The van der Waals surface area contributed by atoms with Crippen LogP contribution in [0.25, 0.3) is 10.9 Å². The molecule has 0 saturated carbocycles. The fraction of sp³-hybridized carbons (Fsp3) is 0.150. The summed E-state index contributed by atoms with van der Waals surface area (Å²) >= 11 is 0. The summed E-state index contributed by atoms with van der Waals surface area (Å²) in [7, 11) is 0. The van der Waals surface area contributed by atoms with Crippen LogP contribution in [0.15, 0.2) is 65.6 Å². The van der Waals surface area contributed by atoms with Gasteiger partial charge in [0.15, 0.2) is 0 Å². The molecule has 1 atom stereocenters. The number of benzene rings is 2. The number of H-pyrrole nitrogens is 1. The SMILES string of the molecule is C=C(C)NC(c1ccc(O)cc1)c1ccc2[nH]c(=O)c(C)cc2c1. The van der Waals surface area contributed by atoms with Crippen LogP contribution in [0.5, 0.6) is 5.75 Å². The second-order valence-corrected chi connectivity index (χ2v) is 6.08. The Kier molecular flexibility index (Phi) is 4.13. The number of rotatable bonds is 4. The van der Waals surface area contributed by atoms with Crippen molar-refractivity contribution >= 4 is 10.9 Å². The van der Waals surface area contributed by atoms with Gasteiger partial charge in [-0.1, -0.05) is 24.8 Å². The maximum Gasteiger partial charge on any atom is 0.251 e. The van der Waals surface area contributed by atoms with E-state index in [1.54, 1.807) is 19.1 Å². The molecule has 0 saturated heterocycles. The number of aromatic hydroxyl groups is 1. The molecule has 4 heteroatoms. The highest BCUT2D eigenvalue weighted by Gasteiger charge is 2.14. The summed E-state index contributed by atoms with van der Waals surface area (Å²) in [5, 5.41) is 13.9. The normalized spacial score (nSPS) is 12.1. The molecular formula is C20H20N2O2. The van der Waals surface area contributed by atoms with Gasteiger partial charge in [0.05, 0.1) is 6.04 Å². The summed E-state index contributed by atoms with van der Waals surface area (Å²) in [6, 6.07) is 14.9. The molecule has 1 unspecified atom stereocenters. The van der Waals surface area contributed by atoms with Gasteiger partial charge < -0.3 is 15.4 Å². The van der Waals surface area contributed by atoms with Crippen molar-refractivity contribution in [3.05, 3.63) is 87.9 Å². The number of phenols is 1. The third-order valence-electron chi connectivity index (χ3n) is 4.00. The van der Waals surface area contributed by atoms with Gasteiger partial charge in [-0.2, -0.15) is 0 Å². The van der Waals surface area contributed by atoms with Crippen LogP contribution in [0, 0.1) is 6.92 Å². The van der Waals surface area contributed by atoms with E-state index < -0.39 is 0 Å². The number of nitrogens with one attached hydrogen (secondary N) is 2. The molecule has 1 aromatic heterocycles. The molecule has 4 nitrogen and oxygen atoms in total. The van der Waals surface area contributed by atoms with Crippen LogP contribution in [-0.4, -0.2) is 10.1 Å². The number of hydrogen-bond acceptors (Lipinski definition) is 3. The highest BCUT2D eigenvalue weighted by Crippen LogP contribution is 2.27. The van der Waals surface area contributed by atoms with Crippen molar-refractivity contribution in [2.45, 2.75) is 19.9 Å². The molecule has 3 N–H and O–H groups in total. The van der Waals surface area contributed by atoms with Gasteiger partial charge in [-0.3, -0.25) is 4.79 Å². The van der Waals surface area contributed by atoms with Crippen LogP contribution in [0.1, 0.15) is 29.7 Å². The third-order valence-corrected chi connectivity index (χ3v) is 4.00. The first-order valence-electron chi connectivity index (χ1n) is 7.78. The topological polar surface area (TPSA) is 65.1 Å². The van der Waals surface area contributed by atoms with Crippen LogP contribution in [0.2, 0.25) is 0 Å². The Morgan fingerprint density at radius 3 is 2.46 bits per heavy atom. The Hall–Kier alpha value is -3.01. The minimum atomic E-state index is -0.0836. The van der Waals surface area contributed by atoms with Gasteiger partial charge in [0.2, 0.25) is 0 Å².